The molecule has 0 aromatic rings. The van der Waals surface area contributed by atoms with Crippen LogP contribution in [-0.4, -0.2) is 52.4 Å². The average molecular weight is 347 g/mol. The van der Waals surface area contributed by atoms with Crippen LogP contribution in [0.1, 0.15) is 51.9 Å². The number of hydrogen-bond acceptors (Lipinski definition) is 4. The fraction of sp³-hybridized carbons (Fsp3) is 0.875. The second-order valence-corrected chi connectivity index (χ2v) is 6.99. The molecule has 2 N–H and O–H groups in total. The number of amides is 1. The first-order chi connectivity index (χ1) is 11.1. The van der Waals surface area contributed by atoms with Crippen molar-refractivity contribution in [2.24, 2.45) is 0 Å². The van der Waals surface area contributed by atoms with Crippen LogP contribution in [0.2, 0.25) is 0 Å². The van der Waals surface area contributed by atoms with E-state index in [-0.39, 0.29) is 19.0 Å². The van der Waals surface area contributed by atoms with Crippen molar-refractivity contribution >= 4 is 5.91 Å². The number of piperidine rings is 1. The lowest BCUT2D eigenvalue weighted by Crippen LogP contribution is -2.59. The number of nitriles is 1. The monoisotopic (exact) mass is 347 g/mol. The van der Waals surface area contributed by atoms with E-state index >= 15 is 0 Å². The SMILES string of the molecule is CC(C(=O)NC1(C#N)CCCCC1)N1CCC(O)(C(F)(F)F)CC1. The van der Waals surface area contributed by atoms with E-state index in [0.29, 0.717) is 12.8 Å². The summed E-state index contributed by atoms with van der Waals surface area (Å²) in [5.74, 6) is -0.337. The summed E-state index contributed by atoms with van der Waals surface area (Å²) in [6.07, 6.45) is -1.54. The van der Waals surface area contributed by atoms with Crippen molar-refractivity contribution in [3.8, 4) is 6.07 Å². The highest BCUT2D eigenvalue weighted by Crippen LogP contribution is 2.38. The fourth-order valence-electron chi connectivity index (χ4n) is 3.49. The topological polar surface area (TPSA) is 76.4 Å². The van der Waals surface area contributed by atoms with E-state index in [1.54, 1.807) is 11.8 Å². The number of hydrogen-bond donors (Lipinski definition) is 2. The van der Waals surface area contributed by atoms with Crippen LogP contribution in [-0.2, 0) is 4.79 Å². The highest BCUT2D eigenvalue weighted by Gasteiger charge is 2.55. The minimum Gasteiger partial charge on any atom is -0.380 e. The molecule has 1 unspecified atom stereocenters. The van der Waals surface area contributed by atoms with Gasteiger partial charge in [0.2, 0.25) is 5.91 Å². The predicted octanol–water partition coefficient (Wildman–Crippen LogP) is 2.11. The molecule has 0 spiro atoms. The number of nitrogens with one attached hydrogen (secondary N) is 1. The maximum Gasteiger partial charge on any atom is 0.417 e. The zero-order chi connectivity index (χ0) is 18.0. The molecule has 24 heavy (non-hydrogen) atoms. The van der Waals surface area contributed by atoms with Crippen LogP contribution in [0, 0.1) is 11.3 Å². The zero-order valence-corrected chi connectivity index (χ0v) is 13.8. The summed E-state index contributed by atoms with van der Waals surface area (Å²) in [7, 11) is 0. The van der Waals surface area contributed by atoms with Crippen LogP contribution in [0.25, 0.3) is 0 Å². The van der Waals surface area contributed by atoms with E-state index in [4.69, 9.17) is 0 Å². The second-order valence-electron chi connectivity index (χ2n) is 6.99. The lowest BCUT2D eigenvalue weighted by molar-refractivity contribution is -0.273. The Labute approximate surface area is 139 Å². The molecule has 2 fully saturated rings. The quantitative estimate of drug-likeness (QED) is 0.820. The average Bonchev–Trinajstić information content (AvgIpc) is 2.54. The molecule has 1 heterocycles. The second kappa shape index (κ2) is 6.89. The summed E-state index contributed by atoms with van der Waals surface area (Å²) in [4.78, 5) is 14.1. The molecule has 1 saturated carbocycles. The van der Waals surface area contributed by atoms with Gasteiger partial charge in [0.25, 0.3) is 0 Å². The number of likely N-dealkylation sites (tertiary alicyclic amines) is 1. The molecule has 8 heteroatoms. The van der Waals surface area contributed by atoms with Gasteiger partial charge >= 0.3 is 6.18 Å². The predicted molar refractivity (Wildman–Crippen MR) is 80.8 cm³/mol. The first-order valence-corrected chi connectivity index (χ1v) is 8.39. The lowest BCUT2D eigenvalue weighted by atomic mass is 9.82. The summed E-state index contributed by atoms with van der Waals surface area (Å²) in [6, 6.07) is 1.57. The molecule has 1 atom stereocenters. The van der Waals surface area contributed by atoms with Crippen molar-refractivity contribution in [1.29, 1.82) is 5.26 Å². The van der Waals surface area contributed by atoms with E-state index < -0.39 is 36.2 Å². The summed E-state index contributed by atoms with van der Waals surface area (Å²) in [5, 5.41) is 21.9. The number of rotatable bonds is 3. The maximum absolute atomic E-state index is 12.8. The number of nitrogens with zero attached hydrogens (tertiary/aromatic N) is 2. The molecule has 0 aromatic carbocycles. The molecular formula is C16H24F3N3O2. The standard InChI is InChI=1S/C16H24F3N3O2/c1-12(13(23)21-14(11-20)5-3-2-4-6-14)22-9-7-15(24,8-10-22)16(17,18)19/h12,24H,2-10H2,1H3,(H,21,23). The van der Waals surface area contributed by atoms with Crippen molar-refractivity contribution in [2.75, 3.05) is 13.1 Å². The summed E-state index contributed by atoms with van der Waals surface area (Å²) >= 11 is 0. The normalized spacial score (nSPS) is 25.5. The number of carbonyl (C=O) groups is 1. The van der Waals surface area contributed by atoms with Gasteiger partial charge < -0.3 is 10.4 Å². The van der Waals surface area contributed by atoms with Gasteiger partial charge in [-0.2, -0.15) is 18.4 Å². The number of carbonyl (C=O) groups excluding carboxylic acids is 1. The Morgan fingerprint density at radius 3 is 2.21 bits per heavy atom. The van der Waals surface area contributed by atoms with Crippen molar-refractivity contribution in [1.82, 2.24) is 10.2 Å². The fourth-order valence-corrected chi connectivity index (χ4v) is 3.49. The third-order valence-corrected chi connectivity index (χ3v) is 5.36. The molecule has 1 saturated heterocycles. The van der Waals surface area contributed by atoms with E-state index in [0.717, 1.165) is 19.3 Å². The molecule has 0 aromatic heterocycles. The third-order valence-electron chi connectivity index (χ3n) is 5.36. The third kappa shape index (κ3) is 3.83. The largest absolute Gasteiger partial charge is 0.417 e. The maximum atomic E-state index is 12.8. The molecular weight excluding hydrogens is 323 g/mol. The number of halogens is 3. The first kappa shape index (κ1) is 19.0. The van der Waals surface area contributed by atoms with Gasteiger partial charge in [0.05, 0.1) is 12.1 Å². The van der Waals surface area contributed by atoms with E-state index in [1.165, 1.54) is 0 Å². The molecule has 136 valence electrons. The summed E-state index contributed by atoms with van der Waals surface area (Å²) < 4.78 is 38.5. The molecule has 1 amide bonds. The Hall–Kier alpha value is -1.33. The first-order valence-electron chi connectivity index (χ1n) is 8.39. The van der Waals surface area contributed by atoms with E-state index in [2.05, 4.69) is 11.4 Å². The molecule has 1 aliphatic heterocycles. The van der Waals surface area contributed by atoms with Crippen LogP contribution in [0.15, 0.2) is 0 Å². The molecule has 2 rings (SSSR count). The lowest BCUT2D eigenvalue weighted by Gasteiger charge is -2.41. The van der Waals surface area contributed by atoms with Gasteiger partial charge in [0.1, 0.15) is 5.54 Å². The van der Waals surface area contributed by atoms with Crippen molar-refractivity contribution < 1.29 is 23.1 Å². The highest BCUT2D eigenvalue weighted by atomic mass is 19.4. The number of aliphatic hydroxyl groups is 1. The zero-order valence-electron chi connectivity index (χ0n) is 13.8. The Morgan fingerprint density at radius 1 is 1.21 bits per heavy atom. The minimum absolute atomic E-state index is 0.00977. The van der Waals surface area contributed by atoms with Crippen LogP contribution >= 0.6 is 0 Å². The molecule has 2 aliphatic rings. The minimum atomic E-state index is -4.66. The smallest absolute Gasteiger partial charge is 0.380 e. The number of alkyl halides is 3. The van der Waals surface area contributed by atoms with Gasteiger partial charge in [-0.05, 0) is 32.6 Å². The molecule has 0 bridgehead atoms. The van der Waals surface area contributed by atoms with Gasteiger partial charge in [-0.3, -0.25) is 9.69 Å². The Kier molecular flexibility index (Phi) is 5.45. The summed E-state index contributed by atoms with van der Waals surface area (Å²) in [6.45, 7) is 1.61. The van der Waals surface area contributed by atoms with Crippen LogP contribution in [0.5, 0.6) is 0 Å². The Bertz CT molecular complexity index is 502. The molecule has 1 aliphatic carbocycles. The Balaban J connectivity index is 1.94. The van der Waals surface area contributed by atoms with Crippen molar-refractivity contribution in [3.05, 3.63) is 0 Å². The Morgan fingerprint density at radius 2 is 1.75 bits per heavy atom. The van der Waals surface area contributed by atoms with Crippen molar-refractivity contribution in [2.45, 2.75) is 75.2 Å². The van der Waals surface area contributed by atoms with Crippen molar-refractivity contribution in [3.63, 3.8) is 0 Å². The van der Waals surface area contributed by atoms with Gasteiger partial charge in [0, 0.05) is 13.1 Å². The van der Waals surface area contributed by atoms with Gasteiger partial charge in [-0.15, -0.1) is 0 Å². The highest BCUT2D eigenvalue weighted by molar-refractivity contribution is 5.82. The van der Waals surface area contributed by atoms with Crippen LogP contribution in [0.4, 0.5) is 13.2 Å². The summed E-state index contributed by atoms with van der Waals surface area (Å²) in [5.41, 5.74) is -3.52. The van der Waals surface area contributed by atoms with Crippen LogP contribution in [0.3, 0.4) is 0 Å². The van der Waals surface area contributed by atoms with Gasteiger partial charge in [-0.1, -0.05) is 19.3 Å². The van der Waals surface area contributed by atoms with E-state index in [1.807, 2.05) is 0 Å². The molecule has 0 radical (unpaired) electrons. The van der Waals surface area contributed by atoms with Gasteiger partial charge in [0.15, 0.2) is 5.60 Å². The van der Waals surface area contributed by atoms with Gasteiger partial charge in [-0.25, -0.2) is 0 Å². The van der Waals surface area contributed by atoms with Crippen LogP contribution < -0.4 is 5.32 Å². The molecule has 5 nitrogen and oxygen atoms in total. The van der Waals surface area contributed by atoms with E-state index in [9.17, 15) is 28.3 Å².